The van der Waals surface area contributed by atoms with E-state index < -0.39 is 0 Å². The number of aromatic amines is 1. The molecule has 4 heterocycles. The number of fused-ring (bicyclic) bond motifs is 1. The van der Waals surface area contributed by atoms with Gasteiger partial charge in [0, 0.05) is 72.5 Å². The Morgan fingerprint density at radius 2 is 1.78 bits per heavy atom. The monoisotopic (exact) mass is 495 g/mol. The molecule has 0 saturated carbocycles. The highest BCUT2D eigenvalue weighted by molar-refractivity contribution is 5.95. The van der Waals surface area contributed by atoms with Crippen LogP contribution in [0, 0.1) is 5.82 Å². The minimum atomic E-state index is -0.360. The molecule has 1 fully saturated rings. The van der Waals surface area contributed by atoms with Crippen LogP contribution in [-0.2, 0) is 6.54 Å². The molecule has 0 radical (unpaired) electrons. The average molecular weight is 496 g/mol. The Hall–Kier alpha value is -4.66. The Morgan fingerprint density at radius 1 is 0.973 bits per heavy atom. The Kier molecular flexibility index (Phi) is 5.80. The summed E-state index contributed by atoms with van der Waals surface area (Å²) in [6.45, 7) is 3.28. The van der Waals surface area contributed by atoms with Crippen molar-refractivity contribution in [2.75, 3.05) is 31.1 Å². The van der Waals surface area contributed by atoms with E-state index in [4.69, 9.17) is 5.73 Å². The van der Waals surface area contributed by atoms with Crippen LogP contribution in [0.15, 0.2) is 79.4 Å². The van der Waals surface area contributed by atoms with Gasteiger partial charge in [0.05, 0.1) is 12.7 Å². The van der Waals surface area contributed by atoms with Crippen molar-refractivity contribution in [2.45, 2.75) is 6.54 Å². The number of rotatable bonds is 5. The van der Waals surface area contributed by atoms with Crippen LogP contribution in [0.5, 0.6) is 0 Å². The van der Waals surface area contributed by atoms with Crippen molar-refractivity contribution in [2.24, 2.45) is 5.73 Å². The SMILES string of the molecule is NC(=O)N1CCN(c2ccc(-c3cnc4[nH]cc(-c5cnn(Cc6cccc(F)c6)c5)c4c3)cc2)CC1. The Morgan fingerprint density at radius 3 is 2.54 bits per heavy atom. The number of nitrogens with one attached hydrogen (secondary N) is 1. The smallest absolute Gasteiger partial charge is 0.314 e. The molecule has 1 aliphatic heterocycles. The maximum Gasteiger partial charge on any atom is 0.314 e. The number of anilines is 1. The molecule has 1 saturated heterocycles. The fourth-order valence-electron chi connectivity index (χ4n) is 4.86. The highest BCUT2D eigenvalue weighted by atomic mass is 19.1. The summed E-state index contributed by atoms with van der Waals surface area (Å²) in [5.41, 5.74) is 12.2. The highest BCUT2D eigenvalue weighted by Gasteiger charge is 2.19. The minimum absolute atomic E-state index is 0.251. The number of benzene rings is 2. The lowest BCUT2D eigenvalue weighted by molar-refractivity contribution is 0.204. The van der Waals surface area contributed by atoms with Crippen LogP contribution in [0.4, 0.5) is 14.9 Å². The summed E-state index contributed by atoms with van der Waals surface area (Å²) < 4.78 is 15.4. The zero-order chi connectivity index (χ0) is 25.4. The van der Waals surface area contributed by atoms with Crippen LogP contribution in [0.1, 0.15) is 5.56 Å². The number of carbonyl (C=O) groups excluding carboxylic acids is 1. The molecule has 8 nitrogen and oxygen atoms in total. The van der Waals surface area contributed by atoms with E-state index in [1.54, 1.807) is 11.0 Å². The van der Waals surface area contributed by atoms with Crippen molar-refractivity contribution < 1.29 is 9.18 Å². The molecular weight excluding hydrogens is 469 g/mol. The van der Waals surface area contributed by atoms with Crippen molar-refractivity contribution in [1.29, 1.82) is 0 Å². The van der Waals surface area contributed by atoms with Gasteiger partial charge in [0.1, 0.15) is 11.5 Å². The first-order chi connectivity index (χ1) is 18.0. The molecule has 1 aliphatic rings. The number of hydrogen-bond donors (Lipinski definition) is 2. The number of piperazine rings is 1. The molecule has 0 bridgehead atoms. The fraction of sp³-hybridized carbons (Fsp3) is 0.179. The summed E-state index contributed by atoms with van der Waals surface area (Å²) in [4.78, 5) is 23.2. The first-order valence-corrected chi connectivity index (χ1v) is 12.2. The third-order valence-corrected chi connectivity index (χ3v) is 6.87. The lowest BCUT2D eigenvalue weighted by Crippen LogP contribution is -2.50. The van der Waals surface area contributed by atoms with Gasteiger partial charge in [0.25, 0.3) is 0 Å². The van der Waals surface area contributed by atoms with Crippen LogP contribution in [0.25, 0.3) is 33.3 Å². The molecule has 0 aliphatic carbocycles. The molecule has 5 aromatic rings. The molecule has 3 aromatic heterocycles. The van der Waals surface area contributed by atoms with E-state index in [0.29, 0.717) is 19.6 Å². The number of H-pyrrole nitrogens is 1. The van der Waals surface area contributed by atoms with E-state index in [1.165, 1.54) is 12.1 Å². The molecule has 2 aromatic carbocycles. The second-order valence-electron chi connectivity index (χ2n) is 9.24. The Bertz CT molecular complexity index is 1570. The largest absolute Gasteiger partial charge is 0.368 e. The predicted molar refractivity (Wildman–Crippen MR) is 142 cm³/mol. The number of nitrogens with zero attached hydrogens (tertiary/aromatic N) is 5. The zero-order valence-electron chi connectivity index (χ0n) is 20.1. The summed E-state index contributed by atoms with van der Waals surface area (Å²) in [5.74, 6) is -0.251. The van der Waals surface area contributed by atoms with Gasteiger partial charge in [0.2, 0.25) is 0 Å². The maximum atomic E-state index is 13.5. The summed E-state index contributed by atoms with van der Waals surface area (Å²) >= 11 is 0. The van der Waals surface area contributed by atoms with Crippen LogP contribution in [0.2, 0.25) is 0 Å². The Balaban J connectivity index is 1.22. The van der Waals surface area contributed by atoms with Gasteiger partial charge in [-0.2, -0.15) is 5.10 Å². The Labute approximate surface area is 213 Å². The van der Waals surface area contributed by atoms with Crippen LogP contribution in [-0.4, -0.2) is 56.9 Å². The summed E-state index contributed by atoms with van der Waals surface area (Å²) in [5, 5.41) is 5.49. The molecule has 9 heteroatoms. The van der Waals surface area contributed by atoms with Crippen LogP contribution < -0.4 is 10.6 Å². The highest BCUT2D eigenvalue weighted by Crippen LogP contribution is 2.31. The molecule has 186 valence electrons. The fourth-order valence-corrected chi connectivity index (χ4v) is 4.86. The molecule has 6 rings (SSSR count). The number of halogens is 1. The molecule has 3 N–H and O–H groups in total. The van der Waals surface area contributed by atoms with Gasteiger partial charge in [-0.05, 0) is 41.5 Å². The van der Waals surface area contributed by atoms with Crippen molar-refractivity contribution in [3.63, 3.8) is 0 Å². The minimum Gasteiger partial charge on any atom is -0.368 e. The number of aromatic nitrogens is 4. The van der Waals surface area contributed by atoms with E-state index in [1.807, 2.05) is 35.5 Å². The number of nitrogens with two attached hydrogens (primary N) is 1. The summed E-state index contributed by atoms with van der Waals surface area (Å²) in [7, 11) is 0. The van der Waals surface area contributed by atoms with Crippen LogP contribution >= 0.6 is 0 Å². The molecular formula is C28H26FN7O. The topological polar surface area (TPSA) is 96.1 Å². The van der Waals surface area contributed by atoms with E-state index in [9.17, 15) is 9.18 Å². The normalized spacial score (nSPS) is 13.9. The van der Waals surface area contributed by atoms with Crippen molar-refractivity contribution >= 4 is 22.8 Å². The van der Waals surface area contributed by atoms with Gasteiger partial charge in [0.15, 0.2) is 0 Å². The molecule has 0 spiro atoms. The van der Waals surface area contributed by atoms with Crippen LogP contribution in [0.3, 0.4) is 0 Å². The molecule has 0 unspecified atom stereocenters. The third kappa shape index (κ3) is 4.63. The van der Waals surface area contributed by atoms with Gasteiger partial charge in [-0.3, -0.25) is 4.68 Å². The van der Waals surface area contributed by atoms with E-state index in [2.05, 4.69) is 50.3 Å². The molecule has 0 atom stereocenters. The number of pyridine rings is 1. The maximum absolute atomic E-state index is 13.5. The molecule has 2 amide bonds. The lowest BCUT2D eigenvalue weighted by Gasteiger charge is -2.35. The summed E-state index contributed by atoms with van der Waals surface area (Å²) in [6, 6.07) is 16.7. The van der Waals surface area contributed by atoms with Gasteiger partial charge < -0.3 is 20.5 Å². The quantitative estimate of drug-likeness (QED) is 0.376. The second-order valence-corrected chi connectivity index (χ2v) is 9.24. The van der Waals surface area contributed by atoms with Crippen molar-refractivity contribution in [3.05, 3.63) is 90.8 Å². The lowest BCUT2D eigenvalue weighted by atomic mass is 10.0. The first-order valence-electron chi connectivity index (χ1n) is 12.2. The van der Waals surface area contributed by atoms with Gasteiger partial charge >= 0.3 is 6.03 Å². The van der Waals surface area contributed by atoms with Gasteiger partial charge in [-0.1, -0.05) is 24.3 Å². The first kappa shape index (κ1) is 22.8. The second kappa shape index (κ2) is 9.42. The van der Waals surface area contributed by atoms with E-state index in [-0.39, 0.29) is 11.8 Å². The summed E-state index contributed by atoms with van der Waals surface area (Å²) in [6.07, 6.45) is 7.60. The zero-order valence-corrected chi connectivity index (χ0v) is 20.1. The third-order valence-electron chi connectivity index (χ3n) is 6.87. The van der Waals surface area contributed by atoms with Gasteiger partial charge in [-0.15, -0.1) is 0 Å². The predicted octanol–water partition coefficient (Wildman–Crippen LogP) is 4.48. The standard InChI is InChI=1S/C28H26FN7O/c29-23-3-1-2-19(12-23)17-36-18-22(15-33-36)26-16-32-27-25(26)13-21(14-31-27)20-4-6-24(7-5-20)34-8-10-35(11-9-34)28(30)37/h1-7,12-16,18H,8-11,17H2,(H2,30,37)(H,31,32). The number of primary amides is 1. The van der Waals surface area contributed by atoms with E-state index >= 15 is 0 Å². The average Bonchev–Trinajstić information content (AvgIpc) is 3.55. The molecule has 37 heavy (non-hydrogen) atoms. The number of amides is 2. The number of carbonyl (C=O) groups is 1. The van der Waals surface area contributed by atoms with Gasteiger partial charge in [-0.25, -0.2) is 14.2 Å². The van der Waals surface area contributed by atoms with Crippen molar-refractivity contribution in [3.8, 4) is 22.3 Å². The number of hydrogen-bond acceptors (Lipinski definition) is 4. The van der Waals surface area contributed by atoms with E-state index in [0.717, 1.165) is 57.6 Å². The van der Waals surface area contributed by atoms with Crippen molar-refractivity contribution in [1.82, 2.24) is 24.6 Å². The number of urea groups is 1.